The van der Waals surface area contributed by atoms with Crippen molar-refractivity contribution in [3.63, 3.8) is 0 Å². The van der Waals surface area contributed by atoms with Crippen molar-refractivity contribution in [1.82, 2.24) is 10.2 Å². The minimum atomic E-state index is -0.989. The molecule has 3 N–H and O–H groups in total. The van der Waals surface area contributed by atoms with Crippen LogP contribution >= 0.6 is 11.8 Å². The molecule has 4 aromatic carbocycles. The van der Waals surface area contributed by atoms with E-state index in [0.29, 0.717) is 12.2 Å². The second-order valence-corrected chi connectivity index (χ2v) is 13.5. The van der Waals surface area contributed by atoms with E-state index >= 15 is 0 Å². The summed E-state index contributed by atoms with van der Waals surface area (Å²) in [6, 6.07) is 30.9. The number of nitrogens with zero attached hydrogens (tertiary/aromatic N) is 1. The van der Waals surface area contributed by atoms with Crippen molar-refractivity contribution < 1.29 is 38.5 Å². The number of benzene rings is 4. The van der Waals surface area contributed by atoms with Crippen LogP contribution in [0, 0.1) is 0 Å². The van der Waals surface area contributed by atoms with Crippen LogP contribution in [0.2, 0.25) is 0 Å². The van der Waals surface area contributed by atoms with E-state index in [0.717, 1.165) is 43.3 Å². The van der Waals surface area contributed by atoms with Gasteiger partial charge in [-0.05, 0) is 46.5 Å². The Morgan fingerprint density at radius 3 is 2.24 bits per heavy atom. The first-order valence-corrected chi connectivity index (χ1v) is 17.6. The number of nitrogens with one attached hydrogen (secondary N) is 2. The number of ether oxygens (including phenoxy) is 3. The van der Waals surface area contributed by atoms with Crippen molar-refractivity contribution in [1.29, 1.82) is 0 Å². The molecule has 2 saturated heterocycles. The van der Waals surface area contributed by atoms with Crippen LogP contribution in [0.1, 0.15) is 60.0 Å². The number of carbonyl (C=O) groups excluding carboxylic acids is 4. The normalized spacial score (nSPS) is 20.2. The van der Waals surface area contributed by atoms with Crippen LogP contribution in [0.3, 0.4) is 0 Å². The molecule has 4 amide bonds. The van der Waals surface area contributed by atoms with Gasteiger partial charge in [-0.25, -0.2) is 4.79 Å². The predicted octanol–water partition coefficient (Wildman–Crippen LogP) is 6.03. The Hall–Kier alpha value is -5.01. The second kappa shape index (κ2) is 16.8. The average molecular weight is 710 g/mol. The summed E-state index contributed by atoms with van der Waals surface area (Å²) in [5, 5.41) is 14.8. The molecule has 11 nitrogen and oxygen atoms in total. The highest BCUT2D eigenvalue weighted by molar-refractivity contribution is 7.99. The van der Waals surface area contributed by atoms with Crippen molar-refractivity contribution in [2.24, 2.45) is 0 Å². The molecule has 0 aliphatic carbocycles. The Morgan fingerprint density at radius 1 is 0.863 bits per heavy atom. The third-order valence-corrected chi connectivity index (χ3v) is 9.71. The second-order valence-electron chi connectivity index (χ2n) is 12.4. The van der Waals surface area contributed by atoms with Gasteiger partial charge in [-0.2, -0.15) is 0 Å². The summed E-state index contributed by atoms with van der Waals surface area (Å²) in [5.74, 6) is -0.325. The number of thioether (sulfide) groups is 1. The maximum absolute atomic E-state index is 13.1. The maximum atomic E-state index is 13.1. The van der Waals surface area contributed by atoms with Gasteiger partial charge in [0.2, 0.25) is 11.8 Å². The molecule has 0 bridgehead atoms. The Kier molecular flexibility index (Phi) is 11.8. The zero-order valence-corrected chi connectivity index (χ0v) is 28.8. The zero-order chi connectivity index (χ0) is 35.7. The number of rotatable bonds is 12. The molecule has 12 heteroatoms. The lowest BCUT2D eigenvalue weighted by Gasteiger charge is -2.36. The molecule has 0 spiro atoms. The molecule has 1 unspecified atom stereocenters. The van der Waals surface area contributed by atoms with Gasteiger partial charge in [0.15, 0.2) is 6.29 Å². The fraction of sp³-hybridized carbons (Fsp3) is 0.282. The molecule has 6 rings (SSSR count). The number of likely N-dealkylation sites (tertiary alicyclic amines) is 1. The van der Waals surface area contributed by atoms with Crippen molar-refractivity contribution in [2.75, 3.05) is 11.1 Å². The Labute approximate surface area is 300 Å². The number of amides is 4. The van der Waals surface area contributed by atoms with Crippen molar-refractivity contribution in [3.8, 4) is 0 Å². The van der Waals surface area contributed by atoms with Gasteiger partial charge in [-0.1, -0.05) is 78.9 Å². The largest absolute Gasteiger partial charge is 0.445 e. The van der Waals surface area contributed by atoms with Crippen LogP contribution in [0.25, 0.3) is 0 Å². The summed E-state index contributed by atoms with van der Waals surface area (Å²) in [4.78, 5) is 51.8. The number of aliphatic hydroxyl groups is 1. The summed E-state index contributed by atoms with van der Waals surface area (Å²) >= 11 is 1.65. The smallest absolute Gasteiger partial charge is 0.408 e. The highest BCUT2D eigenvalue weighted by atomic mass is 32.2. The first kappa shape index (κ1) is 35.8. The minimum absolute atomic E-state index is 0.0447. The molecule has 2 aliphatic heterocycles. The molecule has 2 aliphatic rings. The quantitative estimate of drug-likeness (QED) is 0.119. The van der Waals surface area contributed by atoms with E-state index in [1.807, 2.05) is 103 Å². The van der Waals surface area contributed by atoms with Crippen molar-refractivity contribution in [3.05, 3.63) is 131 Å². The lowest BCUT2D eigenvalue weighted by Crippen LogP contribution is -2.41. The van der Waals surface area contributed by atoms with E-state index in [1.54, 1.807) is 11.8 Å². The fourth-order valence-corrected chi connectivity index (χ4v) is 6.80. The standard InChI is InChI=1S/C39H39N3O8S/c1-25(44)40-31-15-17-33(18-16-31)51-24-32-19-35(29-11-9-27(22-43)10-12-29)50-38(49-32)30-13-7-26(8-14-30)21-42-36(45)20-34(37(42)46)41-39(47)48-23-28-5-3-2-4-6-28/h2-18,32,34-35,38,43H,19-24H2,1H3,(H,40,44)(H,41,47)/t32-,34?,35+,38+/m0/s1. The Bertz CT molecular complexity index is 1820. The first-order chi connectivity index (χ1) is 24.7. The van der Waals surface area contributed by atoms with Crippen LogP contribution in [0.4, 0.5) is 10.5 Å². The van der Waals surface area contributed by atoms with E-state index < -0.39 is 24.3 Å². The summed E-state index contributed by atoms with van der Waals surface area (Å²) in [6.45, 7) is 1.54. The SMILES string of the molecule is CC(=O)Nc1ccc(SC[C@@H]2C[C@H](c3ccc(CO)cc3)O[C@H](c3ccc(CN4C(=O)CC(NC(=O)OCc5ccccc5)C4=O)cc3)O2)cc1. The van der Waals surface area contributed by atoms with E-state index in [1.165, 1.54) is 6.92 Å². The highest BCUT2D eigenvalue weighted by Gasteiger charge is 2.40. The van der Waals surface area contributed by atoms with Gasteiger partial charge >= 0.3 is 6.09 Å². The zero-order valence-electron chi connectivity index (χ0n) is 28.0. The summed E-state index contributed by atoms with van der Waals surface area (Å²) in [6.07, 6.45) is -1.36. The summed E-state index contributed by atoms with van der Waals surface area (Å²) in [5.41, 5.74) is 4.85. The Morgan fingerprint density at radius 2 is 1.55 bits per heavy atom. The van der Waals surface area contributed by atoms with Gasteiger partial charge in [0.05, 0.1) is 31.8 Å². The molecule has 2 fully saturated rings. The minimum Gasteiger partial charge on any atom is -0.445 e. The average Bonchev–Trinajstić information content (AvgIpc) is 3.41. The van der Waals surface area contributed by atoms with Crippen LogP contribution in [-0.4, -0.2) is 51.7 Å². The third-order valence-electron chi connectivity index (χ3n) is 8.57. The van der Waals surface area contributed by atoms with Gasteiger partial charge < -0.3 is 30.0 Å². The predicted molar refractivity (Wildman–Crippen MR) is 190 cm³/mol. The molecule has 4 atom stereocenters. The van der Waals surface area contributed by atoms with Gasteiger partial charge in [-0.15, -0.1) is 11.8 Å². The fourth-order valence-electron chi connectivity index (χ4n) is 5.88. The molecule has 2 heterocycles. The maximum Gasteiger partial charge on any atom is 0.408 e. The number of aliphatic hydroxyl groups excluding tert-OH is 1. The van der Waals surface area contributed by atoms with Gasteiger partial charge in [0, 0.05) is 35.2 Å². The van der Waals surface area contributed by atoms with Crippen molar-refractivity contribution in [2.45, 2.75) is 69.0 Å². The number of anilines is 1. The summed E-state index contributed by atoms with van der Waals surface area (Å²) in [7, 11) is 0. The number of imide groups is 1. The third kappa shape index (κ3) is 9.62. The van der Waals surface area contributed by atoms with Crippen LogP contribution < -0.4 is 10.6 Å². The van der Waals surface area contributed by atoms with E-state index in [-0.39, 0.29) is 50.2 Å². The monoisotopic (exact) mass is 709 g/mol. The topological polar surface area (TPSA) is 144 Å². The van der Waals surface area contributed by atoms with E-state index in [9.17, 15) is 24.3 Å². The van der Waals surface area contributed by atoms with Crippen LogP contribution in [0.15, 0.2) is 108 Å². The molecule has 4 aromatic rings. The van der Waals surface area contributed by atoms with Gasteiger partial charge in [-0.3, -0.25) is 19.3 Å². The first-order valence-electron chi connectivity index (χ1n) is 16.7. The van der Waals surface area contributed by atoms with Crippen LogP contribution in [0.5, 0.6) is 0 Å². The lowest BCUT2D eigenvalue weighted by atomic mass is 10.0. The van der Waals surface area contributed by atoms with Crippen molar-refractivity contribution >= 4 is 41.3 Å². The molecule has 0 aromatic heterocycles. The molecule has 51 heavy (non-hydrogen) atoms. The molecular formula is C39H39N3O8S. The number of hydrogen-bond donors (Lipinski definition) is 3. The highest BCUT2D eigenvalue weighted by Crippen LogP contribution is 2.39. The van der Waals surface area contributed by atoms with Crippen LogP contribution in [-0.2, 0) is 48.4 Å². The molecule has 264 valence electrons. The number of alkyl carbamates (subject to hydrolysis) is 1. The van der Waals surface area contributed by atoms with Gasteiger partial charge in [0.25, 0.3) is 5.91 Å². The lowest BCUT2D eigenvalue weighted by molar-refractivity contribution is -0.245. The molecular weight excluding hydrogens is 671 g/mol. The molecule has 0 saturated carbocycles. The van der Waals surface area contributed by atoms with Gasteiger partial charge in [0.1, 0.15) is 12.6 Å². The summed E-state index contributed by atoms with van der Waals surface area (Å²) < 4.78 is 18.2. The Balaban J connectivity index is 1.08. The van der Waals surface area contributed by atoms with E-state index in [4.69, 9.17) is 14.2 Å². The number of carbonyl (C=O) groups is 4. The number of hydrogen-bond acceptors (Lipinski definition) is 9. The van der Waals surface area contributed by atoms with E-state index in [2.05, 4.69) is 10.6 Å². The molecule has 0 radical (unpaired) electrons.